The maximum Gasteiger partial charge on any atom is 0.296 e. The van der Waals surface area contributed by atoms with Crippen molar-refractivity contribution in [2.24, 2.45) is 0 Å². The second kappa shape index (κ2) is 10.4. The molecule has 1 aliphatic rings. The number of furan rings is 1. The normalized spacial score (nSPS) is 17.4. The Balaban J connectivity index is 1.65. The highest BCUT2D eigenvalue weighted by atomic mass is 19.1. The fourth-order valence-corrected chi connectivity index (χ4v) is 3.98. The van der Waals surface area contributed by atoms with Gasteiger partial charge in [-0.25, -0.2) is 4.39 Å². The van der Waals surface area contributed by atoms with E-state index in [0.29, 0.717) is 29.2 Å². The van der Waals surface area contributed by atoms with E-state index in [-0.39, 0.29) is 17.9 Å². The van der Waals surface area contributed by atoms with E-state index >= 15 is 0 Å². The molecular weight excluding hydrogens is 437 g/mol. The summed E-state index contributed by atoms with van der Waals surface area (Å²) in [5, 5.41) is 11.1. The first-order valence-electron chi connectivity index (χ1n) is 11.3. The average molecular weight is 464 g/mol. The molecule has 1 unspecified atom stereocenters. The fraction of sp³-hybridized carbons (Fsp3) is 0.259. The fourth-order valence-electron chi connectivity index (χ4n) is 3.98. The molecule has 1 aromatic heterocycles. The number of halogens is 1. The number of amides is 1. The van der Waals surface area contributed by atoms with Crippen LogP contribution in [0.4, 0.5) is 4.39 Å². The molecule has 2 heterocycles. The Kier molecular flexibility index (Phi) is 7.11. The summed E-state index contributed by atoms with van der Waals surface area (Å²) in [5.74, 6) is -1.25. The molecule has 0 saturated carbocycles. The molecule has 1 saturated heterocycles. The Bertz CT molecular complexity index is 1170. The lowest BCUT2D eigenvalue weighted by Crippen LogP contribution is -2.29. The Hall–Kier alpha value is -3.87. The predicted octanol–water partition coefficient (Wildman–Crippen LogP) is 5.61. The number of hydrogen-bond donors (Lipinski definition) is 1. The van der Waals surface area contributed by atoms with Crippen molar-refractivity contribution in [2.75, 3.05) is 6.61 Å². The van der Waals surface area contributed by atoms with E-state index in [4.69, 9.17) is 9.15 Å². The summed E-state index contributed by atoms with van der Waals surface area (Å²) in [6, 6.07) is 14.8. The zero-order valence-corrected chi connectivity index (χ0v) is 18.9. The maximum absolute atomic E-state index is 13.3. The van der Waals surface area contributed by atoms with Crippen molar-refractivity contribution in [3.05, 3.63) is 95.2 Å². The summed E-state index contributed by atoms with van der Waals surface area (Å²) >= 11 is 0. The molecule has 2 aromatic carbocycles. The monoisotopic (exact) mass is 463 g/mol. The smallest absolute Gasteiger partial charge is 0.296 e. The Morgan fingerprint density at radius 1 is 1.06 bits per heavy atom. The third-order valence-corrected chi connectivity index (χ3v) is 5.76. The molecule has 1 atom stereocenters. The maximum atomic E-state index is 13.3. The van der Waals surface area contributed by atoms with Crippen LogP contribution in [-0.2, 0) is 16.1 Å². The molecule has 1 fully saturated rings. The van der Waals surface area contributed by atoms with Crippen LogP contribution in [0, 0.1) is 5.82 Å². The highest BCUT2D eigenvalue weighted by Gasteiger charge is 2.47. The number of hydrogen-bond acceptors (Lipinski definition) is 5. The van der Waals surface area contributed by atoms with Gasteiger partial charge in [-0.05, 0) is 60.5 Å². The summed E-state index contributed by atoms with van der Waals surface area (Å²) < 4.78 is 24.6. The number of likely N-dealkylation sites (tertiary alicyclic amines) is 1. The number of ketones is 1. The van der Waals surface area contributed by atoms with Gasteiger partial charge in [0.15, 0.2) is 0 Å². The van der Waals surface area contributed by atoms with Crippen molar-refractivity contribution in [3.8, 4) is 5.75 Å². The van der Waals surface area contributed by atoms with Gasteiger partial charge in [0.2, 0.25) is 0 Å². The van der Waals surface area contributed by atoms with Crippen LogP contribution in [0.5, 0.6) is 5.75 Å². The number of aliphatic hydroxyl groups is 1. The quantitative estimate of drug-likeness (QED) is 0.193. The van der Waals surface area contributed by atoms with Crippen LogP contribution in [0.2, 0.25) is 0 Å². The molecule has 0 aliphatic carbocycles. The molecule has 0 radical (unpaired) electrons. The second-order valence-corrected chi connectivity index (χ2v) is 8.15. The van der Waals surface area contributed by atoms with Crippen LogP contribution < -0.4 is 4.74 Å². The van der Waals surface area contributed by atoms with Crippen LogP contribution in [0.3, 0.4) is 0 Å². The van der Waals surface area contributed by atoms with Crippen molar-refractivity contribution < 1.29 is 28.2 Å². The predicted molar refractivity (Wildman–Crippen MR) is 124 cm³/mol. The standard InChI is InChI=1S/C27H26FNO5/c1-2-3-4-15-33-21-13-9-19(10-14-21)25(30)23-24(22-6-5-16-34-22)29(27(32)26(23)31)17-18-7-11-20(28)12-8-18/h5-14,16,24,30H,2-4,15,17H2,1H3/b25-23-. The number of rotatable bonds is 9. The molecule has 3 aromatic rings. The number of carbonyl (C=O) groups excluding carboxylic acids is 2. The van der Waals surface area contributed by atoms with E-state index in [1.165, 1.54) is 23.3 Å². The molecule has 34 heavy (non-hydrogen) atoms. The van der Waals surface area contributed by atoms with Crippen molar-refractivity contribution >= 4 is 17.4 Å². The first-order chi connectivity index (χ1) is 16.5. The summed E-state index contributed by atoms with van der Waals surface area (Å²) in [5.41, 5.74) is 0.973. The first-order valence-corrected chi connectivity index (χ1v) is 11.3. The molecule has 0 bridgehead atoms. The van der Waals surface area contributed by atoms with E-state index < -0.39 is 23.5 Å². The number of unbranched alkanes of at least 4 members (excludes halogenated alkanes) is 2. The van der Waals surface area contributed by atoms with Crippen LogP contribution in [0.1, 0.15) is 49.1 Å². The van der Waals surface area contributed by atoms with E-state index in [0.717, 1.165) is 19.3 Å². The lowest BCUT2D eigenvalue weighted by molar-refractivity contribution is -0.140. The number of Topliss-reactive ketones (excluding diaryl/α,β-unsaturated/α-hetero) is 1. The van der Waals surface area contributed by atoms with Gasteiger partial charge in [-0.2, -0.15) is 0 Å². The molecule has 4 rings (SSSR count). The van der Waals surface area contributed by atoms with Gasteiger partial charge in [0, 0.05) is 12.1 Å². The minimum absolute atomic E-state index is 0.0531. The van der Waals surface area contributed by atoms with Crippen molar-refractivity contribution in [1.29, 1.82) is 0 Å². The van der Waals surface area contributed by atoms with E-state index in [9.17, 15) is 19.1 Å². The van der Waals surface area contributed by atoms with Gasteiger partial charge in [-0.15, -0.1) is 0 Å². The Morgan fingerprint density at radius 2 is 1.79 bits per heavy atom. The lowest BCUT2D eigenvalue weighted by Gasteiger charge is -2.23. The van der Waals surface area contributed by atoms with Gasteiger partial charge in [0.1, 0.15) is 29.1 Å². The minimum Gasteiger partial charge on any atom is -0.507 e. The summed E-state index contributed by atoms with van der Waals surface area (Å²) in [4.78, 5) is 27.3. The molecule has 0 spiro atoms. The number of carbonyl (C=O) groups is 2. The number of benzene rings is 2. The van der Waals surface area contributed by atoms with Crippen LogP contribution in [0.25, 0.3) is 5.76 Å². The first kappa shape index (κ1) is 23.3. The topological polar surface area (TPSA) is 80.0 Å². The third-order valence-electron chi connectivity index (χ3n) is 5.76. The van der Waals surface area contributed by atoms with Crippen LogP contribution >= 0.6 is 0 Å². The van der Waals surface area contributed by atoms with Crippen LogP contribution in [0.15, 0.2) is 76.9 Å². The molecular formula is C27H26FNO5. The molecule has 176 valence electrons. The molecule has 6 nitrogen and oxygen atoms in total. The molecule has 1 aliphatic heterocycles. The highest BCUT2D eigenvalue weighted by Crippen LogP contribution is 2.40. The second-order valence-electron chi connectivity index (χ2n) is 8.15. The van der Waals surface area contributed by atoms with Gasteiger partial charge < -0.3 is 19.2 Å². The van der Waals surface area contributed by atoms with Gasteiger partial charge in [-0.1, -0.05) is 31.9 Å². The highest BCUT2D eigenvalue weighted by molar-refractivity contribution is 6.46. The SMILES string of the molecule is CCCCCOc1ccc(/C(O)=C2/C(=O)C(=O)N(Cc3ccc(F)cc3)C2c2ccco2)cc1. The minimum atomic E-state index is -0.912. The van der Waals surface area contributed by atoms with Crippen molar-refractivity contribution in [2.45, 2.75) is 38.8 Å². The summed E-state index contributed by atoms with van der Waals surface area (Å²) in [6.45, 7) is 2.78. The van der Waals surface area contributed by atoms with Gasteiger partial charge in [0.05, 0.1) is 18.4 Å². The number of aliphatic hydroxyl groups excluding tert-OH is 1. The van der Waals surface area contributed by atoms with E-state index in [1.807, 2.05) is 0 Å². The van der Waals surface area contributed by atoms with E-state index in [2.05, 4.69) is 6.92 Å². The Labute approximate surface area is 197 Å². The summed E-state index contributed by atoms with van der Waals surface area (Å²) in [7, 11) is 0. The van der Waals surface area contributed by atoms with Gasteiger partial charge in [0.25, 0.3) is 11.7 Å². The average Bonchev–Trinajstić information content (AvgIpc) is 3.46. The Morgan fingerprint density at radius 3 is 2.44 bits per heavy atom. The van der Waals surface area contributed by atoms with E-state index in [1.54, 1.807) is 48.5 Å². The van der Waals surface area contributed by atoms with Crippen molar-refractivity contribution in [1.82, 2.24) is 4.90 Å². The van der Waals surface area contributed by atoms with Gasteiger partial charge >= 0.3 is 0 Å². The van der Waals surface area contributed by atoms with Gasteiger partial charge in [-0.3, -0.25) is 9.59 Å². The third kappa shape index (κ3) is 4.88. The largest absolute Gasteiger partial charge is 0.507 e. The molecule has 1 amide bonds. The number of nitrogens with zero attached hydrogens (tertiary/aromatic N) is 1. The zero-order chi connectivity index (χ0) is 24.1. The summed E-state index contributed by atoms with van der Waals surface area (Å²) in [6.07, 6.45) is 4.59. The lowest BCUT2D eigenvalue weighted by atomic mass is 9.99. The zero-order valence-electron chi connectivity index (χ0n) is 18.9. The van der Waals surface area contributed by atoms with Crippen molar-refractivity contribution in [3.63, 3.8) is 0 Å². The molecule has 7 heteroatoms. The molecule has 1 N–H and O–H groups in total. The number of ether oxygens (including phenoxy) is 1. The van der Waals surface area contributed by atoms with Crippen LogP contribution in [-0.4, -0.2) is 28.3 Å².